The molecule has 0 spiro atoms. The molecule has 142 valence electrons. The Kier molecular flexibility index (Phi) is 4.40. The fraction of sp³-hybridized carbons (Fsp3) is 0.450. The lowest BCUT2D eigenvalue weighted by atomic mass is 9.83. The van der Waals surface area contributed by atoms with Gasteiger partial charge in [-0.15, -0.1) is 0 Å². The molecule has 3 heterocycles. The summed E-state index contributed by atoms with van der Waals surface area (Å²) in [7, 11) is 0. The third-order valence-electron chi connectivity index (χ3n) is 5.23. The summed E-state index contributed by atoms with van der Waals surface area (Å²) in [6, 6.07) is 7.88. The van der Waals surface area contributed by atoms with Gasteiger partial charge in [0.25, 0.3) is 0 Å². The molecule has 1 aromatic carbocycles. The van der Waals surface area contributed by atoms with Crippen LogP contribution in [0.1, 0.15) is 36.8 Å². The molecule has 1 aromatic heterocycles. The first-order valence-corrected chi connectivity index (χ1v) is 9.07. The van der Waals surface area contributed by atoms with E-state index in [1.807, 2.05) is 31.2 Å². The van der Waals surface area contributed by atoms with Gasteiger partial charge in [-0.25, -0.2) is 0 Å². The van der Waals surface area contributed by atoms with Gasteiger partial charge in [0.15, 0.2) is 0 Å². The Morgan fingerprint density at radius 1 is 1.26 bits per heavy atom. The summed E-state index contributed by atoms with van der Waals surface area (Å²) in [4.78, 5) is 22.3. The smallest absolute Gasteiger partial charge is 0.342 e. The quantitative estimate of drug-likeness (QED) is 0.816. The van der Waals surface area contributed by atoms with E-state index in [9.17, 15) is 18.0 Å². The molecule has 0 saturated carbocycles. The van der Waals surface area contributed by atoms with E-state index in [1.54, 1.807) is 6.20 Å². The van der Waals surface area contributed by atoms with Crippen molar-refractivity contribution in [2.45, 2.75) is 31.9 Å². The highest BCUT2D eigenvalue weighted by Crippen LogP contribution is 2.36. The number of fused-ring (bicyclic) bond motifs is 1. The summed E-state index contributed by atoms with van der Waals surface area (Å²) in [5, 5.41) is 0.993. The number of hydrogen-bond acceptors (Lipinski definition) is 3. The summed E-state index contributed by atoms with van der Waals surface area (Å²) < 4.78 is 37.9. The van der Waals surface area contributed by atoms with E-state index >= 15 is 0 Å². The Morgan fingerprint density at radius 3 is 2.74 bits per heavy atom. The number of pyridine rings is 1. The molecular weight excluding hydrogens is 355 g/mol. The topological polar surface area (TPSA) is 45.6 Å². The molecule has 0 bridgehead atoms. The third kappa shape index (κ3) is 3.82. The zero-order valence-corrected chi connectivity index (χ0v) is 15.0. The Labute approximate surface area is 155 Å². The van der Waals surface area contributed by atoms with Gasteiger partial charge in [0.05, 0.1) is 17.8 Å². The largest absolute Gasteiger partial charge is 0.397 e. The van der Waals surface area contributed by atoms with Crippen LogP contribution in [0.3, 0.4) is 0 Å². The molecule has 27 heavy (non-hydrogen) atoms. The fourth-order valence-corrected chi connectivity index (χ4v) is 4.06. The maximum atomic E-state index is 12.6. The van der Waals surface area contributed by atoms with Gasteiger partial charge >= 0.3 is 6.18 Å². The maximum Gasteiger partial charge on any atom is 0.397 e. The summed E-state index contributed by atoms with van der Waals surface area (Å²) in [6.45, 7) is 3.39. The monoisotopic (exact) mass is 375 g/mol. The molecule has 2 aliphatic rings. The zero-order chi connectivity index (χ0) is 19.2. The second kappa shape index (κ2) is 6.62. The predicted octanol–water partition coefficient (Wildman–Crippen LogP) is 3.94. The molecular formula is C20H20F3N3O. The number of nitrogens with zero attached hydrogens (tertiary/aromatic N) is 3. The second-order valence-electron chi connectivity index (χ2n) is 7.49. The highest BCUT2D eigenvalue weighted by molar-refractivity contribution is 6.17. The summed E-state index contributed by atoms with van der Waals surface area (Å²) in [6.07, 6.45) is -3.30. The van der Waals surface area contributed by atoms with Gasteiger partial charge in [0.2, 0.25) is 5.91 Å². The van der Waals surface area contributed by atoms with Crippen LogP contribution in [0, 0.1) is 5.92 Å². The highest BCUT2D eigenvalue weighted by atomic mass is 19.4. The molecule has 7 heteroatoms. The lowest BCUT2D eigenvalue weighted by Gasteiger charge is -2.37. The van der Waals surface area contributed by atoms with Crippen LogP contribution in [-0.2, 0) is 4.79 Å². The van der Waals surface area contributed by atoms with Crippen LogP contribution in [0.5, 0.6) is 0 Å². The number of piperidine rings is 1. The third-order valence-corrected chi connectivity index (χ3v) is 5.23. The molecule has 0 radical (unpaired) electrons. The number of carbonyl (C=O) groups excluding carboxylic acids is 1. The molecule has 4 nitrogen and oxygen atoms in total. The van der Waals surface area contributed by atoms with Crippen molar-refractivity contribution < 1.29 is 18.0 Å². The summed E-state index contributed by atoms with van der Waals surface area (Å²) >= 11 is 0. The number of halogens is 3. The number of aliphatic imine (C=N–C) groups is 1. The lowest BCUT2D eigenvalue weighted by Crippen LogP contribution is -2.43. The van der Waals surface area contributed by atoms with Crippen molar-refractivity contribution in [3.63, 3.8) is 0 Å². The van der Waals surface area contributed by atoms with Gasteiger partial charge in [-0.1, -0.05) is 25.1 Å². The number of carbonyl (C=O) groups is 1. The van der Waals surface area contributed by atoms with Gasteiger partial charge in [0, 0.05) is 36.2 Å². The highest BCUT2D eigenvalue weighted by Gasteiger charge is 2.37. The molecule has 1 amide bonds. The van der Waals surface area contributed by atoms with Crippen LogP contribution in [0.2, 0.25) is 0 Å². The molecule has 0 N–H and O–H groups in total. The molecule has 2 unspecified atom stereocenters. The number of rotatable bonds is 3. The van der Waals surface area contributed by atoms with Crippen molar-refractivity contribution in [3.8, 4) is 0 Å². The van der Waals surface area contributed by atoms with Crippen molar-refractivity contribution in [1.82, 2.24) is 9.88 Å². The van der Waals surface area contributed by atoms with Crippen molar-refractivity contribution in [3.05, 3.63) is 41.6 Å². The molecule has 0 aliphatic carbocycles. The van der Waals surface area contributed by atoms with E-state index in [-0.39, 0.29) is 11.8 Å². The van der Waals surface area contributed by atoms with E-state index in [0.29, 0.717) is 13.1 Å². The molecule has 1 fully saturated rings. The zero-order valence-electron chi connectivity index (χ0n) is 15.0. The Balaban J connectivity index is 1.65. The summed E-state index contributed by atoms with van der Waals surface area (Å²) in [5.74, 6) is -0.710. The van der Waals surface area contributed by atoms with Gasteiger partial charge in [-0.2, -0.15) is 13.2 Å². The number of aromatic nitrogens is 1. The van der Waals surface area contributed by atoms with Gasteiger partial charge in [-0.3, -0.25) is 14.8 Å². The molecule has 4 rings (SSSR count). The van der Waals surface area contributed by atoms with Crippen LogP contribution < -0.4 is 0 Å². The Hall–Kier alpha value is -2.44. The number of hydrogen-bond donors (Lipinski definition) is 0. The van der Waals surface area contributed by atoms with Crippen molar-refractivity contribution in [2.24, 2.45) is 10.9 Å². The predicted molar refractivity (Wildman–Crippen MR) is 96.9 cm³/mol. The Bertz CT molecular complexity index is 922. The molecule has 1 saturated heterocycles. The summed E-state index contributed by atoms with van der Waals surface area (Å²) in [5.41, 5.74) is 3.96. The van der Waals surface area contributed by atoms with E-state index < -0.39 is 18.5 Å². The van der Waals surface area contributed by atoms with Gasteiger partial charge in [-0.05, 0) is 24.0 Å². The fourth-order valence-electron chi connectivity index (χ4n) is 4.06. The minimum atomic E-state index is -4.48. The lowest BCUT2D eigenvalue weighted by molar-refractivity contribution is -0.162. The van der Waals surface area contributed by atoms with Crippen LogP contribution in [0.15, 0.2) is 35.5 Å². The van der Waals surface area contributed by atoms with Crippen molar-refractivity contribution in [1.29, 1.82) is 0 Å². The van der Waals surface area contributed by atoms with Crippen molar-refractivity contribution >= 4 is 22.5 Å². The Morgan fingerprint density at radius 2 is 2.04 bits per heavy atom. The first-order chi connectivity index (χ1) is 12.8. The SMILES string of the molecule is CC1CC(c2ccc(C3=NC3)c3ncccc23)CN(C(=O)CC(F)(F)F)C1. The van der Waals surface area contributed by atoms with Crippen LogP contribution in [-0.4, -0.2) is 47.3 Å². The number of likely N-dealkylation sites (tertiary alicyclic amines) is 1. The number of benzene rings is 1. The maximum absolute atomic E-state index is 12.6. The van der Waals surface area contributed by atoms with Crippen LogP contribution in [0.4, 0.5) is 13.2 Å². The average molecular weight is 375 g/mol. The minimum absolute atomic E-state index is 0.00664. The number of alkyl halides is 3. The standard InChI is InChI=1S/C20H20F3N3O/c1-12-7-13(11-26(10-12)18(27)8-20(21,22)23)14-4-5-16(17-9-25-17)19-15(14)3-2-6-24-19/h2-6,12-13H,7-11H2,1H3. The number of amides is 1. The second-order valence-corrected chi connectivity index (χ2v) is 7.49. The first-order valence-electron chi connectivity index (χ1n) is 9.07. The molecule has 2 aromatic rings. The normalized spacial score (nSPS) is 22.7. The van der Waals surface area contributed by atoms with Crippen LogP contribution >= 0.6 is 0 Å². The van der Waals surface area contributed by atoms with Gasteiger partial charge in [0.1, 0.15) is 6.42 Å². The van der Waals surface area contributed by atoms with Crippen molar-refractivity contribution in [2.75, 3.05) is 19.6 Å². The van der Waals surface area contributed by atoms with E-state index in [4.69, 9.17) is 0 Å². The first kappa shape index (κ1) is 17.9. The van der Waals surface area contributed by atoms with E-state index in [1.165, 1.54) is 4.90 Å². The minimum Gasteiger partial charge on any atom is -0.342 e. The average Bonchev–Trinajstić information content (AvgIpc) is 3.43. The van der Waals surface area contributed by atoms with Gasteiger partial charge < -0.3 is 4.90 Å². The van der Waals surface area contributed by atoms with Crippen LogP contribution in [0.25, 0.3) is 10.9 Å². The molecule has 2 atom stereocenters. The van der Waals surface area contributed by atoms with E-state index in [2.05, 4.69) is 9.98 Å². The van der Waals surface area contributed by atoms with E-state index in [0.717, 1.165) is 40.7 Å². The molecule has 2 aliphatic heterocycles.